The molecule has 230 valence electrons. The second-order valence-corrected chi connectivity index (χ2v) is 12.8. The number of non-ortho nitro benzene ring substituents is 1. The lowest BCUT2D eigenvalue weighted by Gasteiger charge is -2.32. The molecule has 0 aromatic heterocycles. The van der Waals surface area contributed by atoms with Gasteiger partial charge in [0.05, 0.1) is 27.5 Å². The maximum absolute atomic E-state index is 13.7. The van der Waals surface area contributed by atoms with E-state index in [2.05, 4.69) is 21.6 Å². The first kappa shape index (κ1) is 31.1. The highest BCUT2D eigenvalue weighted by atomic mass is 35.5. The summed E-state index contributed by atoms with van der Waals surface area (Å²) in [7, 11) is -1.89. The molecule has 1 fully saturated rings. The van der Waals surface area contributed by atoms with E-state index in [0.717, 1.165) is 32.7 Å². The van der Waals surface area contributed by atoms with E-state index in [-0.39, 0.29) is 46.8 Å². The average Bonchev–Trinajstić information content (AvgIpc) is 3.39. The Morgan fingerprint density at radius 3 is 2.49 bits per heavy atom. The van der Waals surface area contributed by atoms with Crippen LogP contribution < -0.4 is 14.4 Å². The summed E-state index contributed by atoms with van der Waals surface area (Å²) >= 11 is 6.32. The maximum atomic E-state index is 13.7. The fraction of sp³-hybridized carbons (Fsp3) is 0.414. The molecule has 0 radical (unpaired) electrons. The number of anilines is 1. The number of sulfonamides is 1. The van der Waals surface area contributed by atoms with Crippen molar-refractivity contribution in [2.75, 3.05) is 76.9 Å². The second-order valence-electron chi connectivity index (χ2n) is 10.7. The Morgan fingerprint density at radius 1 is 1.12 bits per heavy atom. The summed E-state index contributed by atoms with van der Waals surface area (Å²) in [6.45, 7) is 5.05. The van der Waals surface area contributed by atoms with Crippen LogP contribution in [0.2, 0.25) is 0 Å². The summed E-state index contributed by atoms with van der Waals surface area (Å²) in [5.74, 6) is 0.143. The lowest BCUT2D eigenvalue weighted by atomic mass is 9.95. The van der Waals surface area contributed by atoms with Gasteiger partial charge in [-0.3, -0.25) is 19.8 Å². The lowest BCUT2D eigenvalue weighted by Crippen LogP contribution is -2.45. The molecule has 2 N–H and O–H groups in total. The first-order valence-corrected chi connectivity index (χ1v) is 16.0. The van der Waals surface area contributed by atoms with Gasteiger partial charge in [0, 0.05) is 69.2 Å². The third kappa shape index (κ3) is 6.61. The van der Waals surface area contributed by atoms with Crippen LogP contribution >= 0.6 is 11.6 Å². The highest BCUT2D eigenvalue weighted by molar-refractivity contribution is 7.89. The number of amides is 1. The zero-order valence-electron chi connectivity index (χ0n) is 23.7. The monoisotopic (exact) mass is 631 g/mol. The Morgan fingerprint density at radius 2 is 1.84 bits per heavy atom. The number of aliphatic hydroxyl groups is 1. The first-order chi connectivity index (χ1) is 20.6. The van der Waals surface area contributed by atoms with Crippen LogP contribution in [-0.4, -0.2) is 106 Å². The highest BCUT2D eigenvalue weighted by Gasteiger charge is 2.37. The number of nitrogens with one attached hydrogen (secondary N) is 1. The Kier molecular flexibility index (Phi) is 9.49. The van der Waals surface area contributed by atoms with E-state index in [1.54, 1.807) is 24.3 Å². The summed E-state index contributed by atoms with van der Waals surface area (Å²) < 4.78 is 33.5. The van der Waals surface area contributed by atoms with Crippen molar-refractivity contribution in [1.29, 1.82) is 0 Å². The lowest BCUT2D eigenvalue weighted by molar-refractivity contribution is -0.383. The number of hydrogen-bond acceptors (Lipinski definition) is 9. The van der Waals surface area contributed by atoms with Crippen LogP contribution in [-0.2, 0) is 10.0 Å². The number of carbonyl (C=O) groups excluding carboxylic acids is 1. The minimum absolute atomic E-state index is 0.123. The largest absolute Gasteiger partial charge is 0.492 e. The number of rotatable bonds is 11. The molecule has 0 saturated carbocycles. The summed E-state index contributed by atoms with van der Waals surface area (Å²) in [5.41, 5.74) is 1.09. The normalized spacial score (nSPS) is 17.7. The minimum Gasteiger partial charge on any atom is -0.492 e. The fourth-order valence-corrected chi connectivity index (χ4v) is 6.87. The van der Waals surface area contributed by atoms with Crippen molar-refractivity contribution in [2.24, 2.45) is 0 Å². The van der Waals surface area contributed by atoms with Crippen molar-refractivity contribution in [3.63, 3.8) is 0 Å². The van der Waals surface area contributed by atoms with Crippen molar-refractivity contribution in [3.05, 3.63) is 69.8 Å². The van der Waals surface area contributed by atoms with Gasteiger partial charge in [0.25, 0.3) is 11.6 Å². The van der Waals surface area contributed by atoms with Crippen LogP contribution in [0.25, 0.3) is 10.8 Å². The number of likely N-dealkylation sites (N-methyl/N-ethyl adjacent to an activating group) is 1. The van der Waals surface area contributed by atoms with Crippen molar-refractivity contribution in [2.45, 2.75) is 10.8 Å². The molecule has 2 heterocycles. The van der Waals surface area contributed by atoms with E-state index in [1.165, 1.54) is 29.2 Å². The maximum Gasteiger partial charge on any atom is 0.279 e. The minimum atomic E-state index is -4.00. The van der Waals surface area contributed by atoms with Gasteiger partial charge in [0.1, 0.15) is 12.4 Å². The van der Waals surface area contributed by atoms with E-state index in [9.17, 15) is 23.3 Å². The molecular formula is C29H34ClN5O7S. The van der Waals surface area contributed by atoms with Crippen LogP contribution in [0.1, 0.15) is 21.8 Å². The van der Waals surface area contributed by atoms with Crippen molar-refractivity contribution < 1.29 is 28.0 Å². The third-order valence-corrected chi connectivity index (χ3v) is 9.76. The molecule has 5 rings (SSSR count). The Bertz CT molecular complexity index is 1610. The number of fused-ring (bicyclic) bond motifs is 3. The molecule has 14 heteroatoms. The molecule has 2 aliphatic heterocycles. The molecule has 3 aromatic rings. The number of alkyl halides is 1. The van der Waals surface area contributed by atoms with Gasteiger partial charge in [-0.05, 0) is 54.4 Å². The van der Waals surface area contributed by atoms with E-state index in [0.29, 0.717) is 34.6 Å². The first-order valence-electron chi connectivity index (χ1n) is 14.0. The molecule has 0 aliphatic carbocycles. The van der Waals surface area contributed by atoms with Crippen molar-refractivity contribution in [3.8, 4) is 5.75 Å². The van der Waals surface area contributed by atoms with Gasteiger partial charge >= 0.3 is 0 Å². The topological polar surface area (TPSA) is 146 Å². The van der Waals surface area contributed by atoms with E-state index >= 15 is 0 Å². The van der Waals surface area contributed by atoms with Crippen molar-refractivity contribution in [1.82, 2.24) is 14.5 Å². The second kappa shape index (κ2) is 13.1. The smallest absolute Gasteiger partial charge is 0.279 e. The number of ether oxygens (including phenoxy) is 1. The molecule has 1 atom stereocenters. The summed E-state index contributed by atoms with van der Waals surface area (Å²) in [6.07, 6.45) is 0. The zero-order chi connectivity index (χ0) is 30.7. The highest BCUT2D eigenvalue weighted by Crippen LogP contribution is 2.46. The van der Waals surface area contributed by atoms with Crippen molar-refractivity contribution >= 4 is 49.7 Å². The van der Waals surface area contributed by atoms with Crippen LogP contribution in [0.5, 0.6) is 5.75 Å². The van der Waals surface area contributed by atoms with Crippen LogP contribution in [0.3, 0.4) is 0 Å². The Balaban J connectivity index is 1.39. The van der Waals surface area contributed by atoms with Gasteiger partial charge in [-0.15, -0.1) is 11.6 Å². The number of nitro benzene ring substituents is 1. The molecule has 12 nitrogen and oxygen atoms in total. The number of piperazine rings is 1. The average molecular weight is 632 g/mol. The Labute approximate surface area is 255 Å². The number of nitrogens with zero attached hydrogens (tertiary/aromatic N) is 4. The van der Waals surface area contributed by atoms with Crippen LogP contribution in [0.4, 0.5) is 11.4 Å². The predicted molar refractivity (Wildman–Crippen MR) is 164 cm³/mol. The van der Waals surface area contributed by atoms with Gasteiger partial charge in [0.2, 0.25) is 10.0 Å². The molecule has 1 amide bonds. The number of carbonyl (C=O) groups is 1. The fourth-order valence-electron chi connectivity index (χ4n) is 5.57. The number of aliphatic hydroxyl groups excluding tert-OH is 1. The molecule has 1 unspecified atom stereocenters. The molecule has 0 spiro atoms. The van der Waals surface area contributed by atoms with Gasteiger partial charge < -0.3 is 19.6 Å². The van der Waals surface area contributed by atoms with Crippen LogP contribution in [0, 0.1) is 10.1 Å². The standard InChI is InChI=1S/C29H34ClN5O7S/c1-32-9-11-33(12-10-32)13-15-42-22-4-2-20(3-5-22)29(37)34-19-21(18-30)28-24-7-6-23(43(40,41)31-8-14-36)16-25(24)26(35(38)39)17-27(28)34/h2-7,16-17,21,31,36H,8-15,18-19H2,1H3. The molecule has 1 saturated heterocycles. The third-order valence-electron chi connectivity index (χ3n) is 7.92. The van der Waals surface area contributed by atoms with E-state index in [4.69, 9.17) is 21.4 Å². The number of benzene rings is 3. The van der Waals surface area contributed by atoms with Crippen LogP contribution in [0.15, 0.2) is 53.4 Å². The SMILES string of the molecule is CN1CCN(CCOc2ccc(C(=O)N3CC(CCl)c4c3cc([N+](=O)[O-])c3cc(S(=O)(=O)NCCO)ccc43)cc2)CC1. The Hall–Kier alpha value is -3.33. The molecule has 43 heavy (non-hydrogen) atoms. The van der Waals surface area contributed by atoms with Gasteiger partial charge in [-0.1, -0.05) is 6.07 Å². The number of hydrogen-bond donors (Lipinski definition) is 2. The van der Waals surface area contributed by atoms with Gasteiger partial charge in [0.15, 0.2) is 0 Å². The zero-order valence-corrected chi connectivity index (χ0v) is 25.3. The number of halogens is 1. The molecule has 0 bridgehead atoms. The predicted octanol–water partition coefficient (Wildman–Crippen LogP) is 2.63. The summed E-state index contributed by atoms with van der Waals surface area (Å²) in [6, 6.07) is 12.2. The number of nitro groups is 1. The summed E-state index contributed by atoms with van der Waals surface area (Å²) in [5, 5.41) is 21.7. The summed E-state index contributed by atoms with van der Waals surface area (Å²) in [4.78, 5) is 31.2. The quantitative estimate of drug-likeness (QED) is 0.185. The van der Waals surface area contributed by atoms with E-state index in [1.807, 2.05) is 0 Å². The van der Waals surface area contributed by atoms with Gasteiger partial charge in [-0.25, -0.2) is 13.1 Å². The van der Waals surface area contributed by atoms with E-state index < -0.39 is 21.6 Å². The molecular weight excluding hydrogens is 598 g/mol. The molecule has 2 aliphatic rings. The molecule has 3 aromatic carbocycles. The van der Waals surface area contributed by atoms with Gasteiger partial charge in [-0.2, -0.15) is 0 Å².